The molecule has 0 saturated heterocycles. The van der Waals surface area contributed by atoms with E-state index in [1.165, 1.54) is 4.90 Å². The first-order valence-electron chi connectivity index (χ1n) is 9.89. The fourth-order valence-corrected chi connectivity index (χ4v) is 2.61. The number of rotatable bonds is 8. The fraction of sp³-hybridized carbons (Fsp3) is 0.571. The van der Waals surface area contributed by atoms with Gasteiger partial charge >= 0.3 is 12.1 Å². The van der Waals surface area contributed by atoms with E-state index in [1.807, 2.05) is 18.2 Å². The molecular formula is C21H30N2O7. The van der Waals surface area contributed by atoms with E-state index in [2.05, 4.69) is 5.32 Å². The standard InChI is InChI=1S/C21H30N2O7/c1-21(2,3)30-20(26)22-9-5-6-19(25)29-14-18(24)23(4)13-15-7-8-16-17(12-15)28-11-10-27-16/h7-8,12H,5-6,9-11,13-14H2,1-4H3,(H,22,26). The number of hydrogen-bond acceptors (Lipinski definition) is 7. The molecule has 1 aromatic carbocycles. The number of hydrogen-bond donors (Lipinski definition) is 1. The van der Waals surface area contributed by atoms with Crippen molar-refractivity contribution in [3.05, 3.63) is 23.8 Å². The highest BCUT2D eigenvalue weighted by molar-refractivity contribution is 5.80. The van der Waals surface area contributed by atoms with Crippen LogP contribution in [-0.4, -0.2) is 61.9 Å². The van der Waals surface area contributed by atoms with E-state index >= 15 is 0 Å². The number of benzene rings is 1. The smallest absolute Gasteiger partial charge is 0.407 e. The van der Waals surface area contributed by atoms with Crippen LogP contribution in [-0.2, 0) is 25.6 Å². The maximum atomic E-state index is 12.2. The number of carbonyl (C=O) groups is 3. The van der Waals surface area contributed by atoms with Crippen molar-refractivity contribution < 1.29 is 33.3 Å². The van der Waals surface area contributed by atoms with Crippen molar-refractivity contribution in [2.24, 2.45) is 0 Å². The van der Waals surface area contributed by atoms with E-state index in [0.29, 0.717) is 37.7 Å². The lowest BCUT2D eigenvalue weighted by molar-refractivity contribution is -0.151. The van der Waals surface area contributed by atoms with Crippen molar-refractivity contribution in [1.82, 2.24) is 10.2 Å². The van der Waals surface area contributed by atoms with Gasteiger partial charge in [0.05, 0.1) is 0 Å². The number of fused-ring (bicyclic) bond motifs is 1. The van der Waals surface area contributed by atoms with Crippen molar-refractivity contribution in [3.63, 3.8) is 0 Å². The number of amides is 2. The Hall–Kier alpha value is -2.97. The van der Waals surface area contributed by atoms with Crippen molar-refractivity contribution in [2.75, 3.05) is 33.4 Å². The van der Waals surface area contributed by atoms with E-state index in [-0.39, 0.29) is 25.5 Å². The topological polar surface area (TPSA) is 103 Å². The lowest BCUT2D eigenvalue weighted by Gasteiger charge is -2.21. The van der Waals surface area contributed by atoms with E-state index in [1.54, 1.807) is 27.8 Å². The summed E-state index contributed by atoms with van der Waals surface area (Å²) in [7, 11) is 1.64. The Morgan fingerprint density at radius 2 is 1.83 bits per heavy atom. The molecule has 1 N–H and O–H groups in total. The Bertz CT molecular complexity index is 758. The minimum atomic E-state index is -0.574. The predicted octanol–water partition coefficient (Wildman–Crippen LogP) is 2.26. The molecule has 0 bridgehead atoms. The molecule has 1 aliphatic rings. The van der Waals surface area contributed by atoms with Gasteiger partial charge in [0.1, 0.15) is 18.8 Å². The number of ether oxygens (including phenoxy) is 4. The second kappa shape index (κ2) is 10.7. The number of nitrogens with one attached hydrogen (secondary N) is 1. The SMILES string of the molecule is CN(Cc1ccc2c(c1)OCCO2)C(=O)COC(=O)CCCNC(=O)OC(C)(C)C. The summed E-state index contributed by atoms with van der Waals surface area (Å²) in [4.78, 5) is 37.0. The van der Waals surface area contributed by atoms with Gasteiger partial charge in [-0.1, -0.05) is 6.07 Å². The van der Waals surface area contributed by atoms with Crippen LogP contribution in [0, 0.1) is 0 Å². The molecule has 0 fully saturated rings. The van der Waals surface area contributed by atoms with Gasteiger partial charge in [0.25, 0.3) is 5.91 Å². The first-order chi connectivity index (χ1) is 14.1. The Balaban J connectivity index is 1.64. The zero-order chi connectivity index (χ0) is 22.1. The summed E-state index contributed by atoms with van der Waals surface area (Å²) in [5.74, 6) is 0.535. The van der Waals surface area contributed by atoms with E-state index < -0.39 is 17.7 Å². The van der Waals surface area contributed by atoms with E-state index in [0.717, 1.165) is 5.56 Å². The van der Waals surface area contributed by atoms with Crippen LogP contribution in [0.15, 0.2) is 18.2 Å². The largest absolute Gasteiger partial charge is 0.486 e. The summed E-state index contributed by atoms with van der Waals surface area (Å²) in [5.41, 5.74) is 0.310. The summed E-state index contributed by atoms with van der Waals surface area (Å²) in [6.07, 6.45) is -0.0549. The molecule has 0 aliphatic carbocycles. The molecule has 0 atom stereocenters. The molecule has 0 saturated carbocycles. The average Bonchev–Trinajstić information content (AvgIpc) is 2.68. The molecule has 0 radical (unpaired) electrons. The molecule has 2 rings (SSSR count). The van der Waals surface area contributed by atoms with Gasteiger partial charge in [-0.2, -0.15) is 0 Å². The summed E-state index contributed by atoms with van der Waals surface area (Å²) >= 11 is 0. The average molecular weight is 422 g/mol. The monoisotopic (exact) mass is 422 g/mol. The molecule has 0 spiro atoms. The van der Waals surface area contributed by atoms with Crippen LogP contribution in [0.2, 0.25) is 0 Å². The van der Waals surface area contributed by atoms with Crippen LogP contribution in [0.1, 0.15) is 39.2 Å². The van der Waals surface area contributed by atoms with E-state index in [4.69, 9.17) is 18.9 Å². The van der Waals surface area contributed by atoms with Crippen molar-refractivity contribution in [1.29, 1.82) is 0 Å². The minimum Gasteiger partial charge on any atom is -0.486 e. The molecule has 1 aliphatic heterocycles. The molecule has 1 aromatic rings. The second-order valence-corrected chi connectivity index (χ2v) is 7.92. The zero-order valence-corrected chi connectivity index (χ0v) is 18.0. The second-order valence-electron chi connectivity index (χ2n) is 7.92. The molecular weight excluding hydrogens is 392 g/mol. The number of nitrogens with zero attached hydrogens (tertiary/aromatic N) is 1. The third kappa shape index (κ3) is 8.18. The third-order valence-electron chi connectivity index (χ3n) is 4.03. The maximum absolute atomic E-state index is 12.2. The third-order valence-corrected chi connectivity index (χ3v) is 4.03. The molecule has 2 amide bonds. The van der Waals surface area contributed by atoms with Crippen LogP contribution >= 0.6 is 0 Å². The summed E-state index contributed by atoms with van der Waals surface area (Å²) < 4.78 is 21.1. The summed E-state index contributed by atoms with van der Waals surface area (Å²) in [6, 6.07) is 5.51. The van der Waals surface area contributed by atoms with E-state index in [9.17, 15) is 14.4 Å². The van der Waals surface area contributed by atoms with Crippen LogP contribution in [0.4, 0.5) is 4.79 Å². The Kier molecular flexibility index (Phi) is 8.32. The number of likely N-dealkylation sites (N-methyl/N-ethyl adjacent to an activating group) is 1. The normalized spacial score (nSPS) is 12.7. The fourth-order valence-electron chi connectivity index (χ4n) is 2.61. The van der Waals surface area contributed by atoms with Gasteiger partial charge in [0, 0.05) is 26.6 Å². The molecule has 166 valence electrons. The van der Waals surface area contributed by atoms with Crippen LogP contribution < -0.4 is 14.8 Å². The lowest BCUT2D eigenvalue weighted by Crippen LogP contribution is -2.33. The van der Waals surface area contributed by atoms with Crippen molar-refractivity contribution in [3.8, 4) is 11.5 Å². The van der Waals surface area contributed by atoms with Crippen molar-refractivity contribution >= 4 is 18.0 Å². The molecule has 30 heavy (non-hydrogen) atoms. The number of alkyl carbamates (subject to hydrolysis) is 1. The molecule has 0 unspecified atom stereocenters. The van der Waals surface area contributed by atoms with Gasteiger partial charge in [-0.25, -0.2) is 4.79 Å². The number of carbonyl (C=O) groups excluding carboxylic acids is 3. The first kappa shape index (κ1) is 23.3. The highest BCUT2D eigenvalue weighted by atomic mass is 16.6. The maximum Gasteiger partial charge on any atom is 0.407 e. The van der Waals surface area contributed by atoms with Crippen molar-refractivity contribution in [2.45, 2.75) is 45.8 Å². The van der Waals surface area contributed by atoms with Crippen LogP contribution in [0.5, 0.6) is 11.5 Å². The number of esters is 1. The van der Waals surface area contributed by atoms with Crippen LogP contribution in [0.25, 0.3) is 0 Å². The summed E-state index contributed by atoms with van der Waals surface area (Å²) in [5, 5.41) is 2.56. The molecule has 9 nitrogen and oxygen atoms in total. The Morgan fingerprint density at radius 1 is 1.13 bits per heavy atom. The van der Waals surface area contributed by atoms with Gasteiger partial charge in [0.2, 0.25) is 0 Å². The molecule has 0 aromatic heterocycles. The Morgan fingerprint density at radius 3 is 2.53 bits per heavy atom. The van der Waals surface area contributed by atoms with Gasteiger partial charge in [0.15, 0.2) is 18.1 Å². The summed E-state index contributed by atoms with van der Waals surface area (Å²) in [6.45, 7) is 6.62. The highest BCUT2D eigenvalue weighted by Crippen LogP contribution is 2.31. The van der Waals surface area contributed by atoms with Gasteiger partial charge in [-0.05, 0) is 44.9 Å². The van der Waals surface area contributed by atoms with Crippen LogP contribution in [0.3, 0.4) is 0 Å². The first-order valence-corrected chi connectivity index (χ1v) is 9.89. The minimum absolute atomic E-state index is 0.0922. The quantitative estimate of drug-likeness (QED) is 0.506. The Labute approximate surface area is 176 Å². The zero-order valence-electron chi connectivity index (χ0n) is 18.0. The van der Waals surface area contributed by atoms with Gasteiger partial charge < -0.3 is 29.2 Å². The van der Waals surface area contributed by atoms with Gasteiger partial charge in [-0.15, -0.1) is 0 Å². The lowest BCUT2D eigenvalue weighted by atomic mass is 10.2. The van der Waals surface area contributed by atoms with Gasteiger partial charge in [-0.3, -0.25) is 9.59 Å². The molecule has 1 heterocycles. The molecule has 9 heteroatoms. The highest BCUT2D eigenvalue weighted by Gasteiger charge is 2.17. The predicted molar refractivity (Wildman–Crippen MR) is 108 cm³/mol.